The SMILES string of the molecule is CCN(C1CCN(C(=O)N(C)C)CC1)C1CCCNC1. The summed E-state index contributed by atoms with van der Waals surface area (Å²) in [6.07, 6.45) is 4.84. The van der Waals surface area contributed by atoms with E-state index in [1.807, 2.05) is 19.0 Å². The number of urea groups is 1. The number of nitrogens with zero attached hydrogens (tertiary/aromatic N) is 3. The molecule has 2 amide bonds. The van der Waals surface area contributed by atoms with Crippen LogP contribution in [0.25, 0.3) is 0 Å². The van der Waals surface area contributed by atoms with Crippen molar-refractivity contribution in [2.24, 2.45) is 0 Å². The van der Waals surface area contributed by atoms with Crippen molar-refractivity contribution >= 4 is 6.03 Å². The fourth-order valence-corrected chi connectivity index (χ4v) is 3.60. The summed E-state index contributed by atoms with van der Waals surface area (Å²) in [7, 11) is 3.67. The average molecular weight is 282 g/mol. The molecule has 0 aromatic rings. The number of carbonyl (C=O) groups is 1. The highest BCUT2D eigenvalue weighted by molar-refractivity contribution is 5.73. The van der Waals surface area contributed by atoms with Crippen LogP contribution in [0.15, 0.2) is 0 Å². The fourth-order valence-electron chi connectivity index (χ4n) is 3.60. The maximum Gasteiger partial charge on any atom is 0.319 e. The normalized spacial score (nSPS) is 25.0. The molecule has 0 saturated carbocycles. The summed E-state index contributed by atoms with van der Waals surface area (Å²) in [6.45, 7) is 7.50. The van der Waals surface area contributed by atoms with Crippen LogP contribution in [0, 0.1) is 0 Å². The number of rotatable bonds is 3. The van der Waals surface area contributed by atoms with Crippen molar-refractivity contribution in [1.29, 1.82) is 0 Å². The van der Waals surface area contributed by atoms with Crippen LogP contribution in [-0.2, 0) is 0 Å². The number of hydrogen-bond acceptors (Lipinski definition) is 3. The van der Waals surface area contributed by atoms with Crippen molar-refractivity contribution < 1.29 is 4.79 Å². The molecule has 2 rings (SSSR count). The summed E-state index contributed by atoms with van der Waals surface area (Å²) in [6, 6.07) is 1.50. The van der Waals surface area contributed by atoms with Crippen LogP contribution >= 0.6 is 0 Å². The second kappa shape index (κ2) is 7.27. The van der Waals surface area contributed by atoms with Gasteiger partial charge in [-0.05, 0) is 38.8 Å². The molecule has 0 bridgehead atoms. The first-order valence-corrected chi connectivity index (χ1v) is 8.06. The Kier molecular flexibility index (Phi) is 5.66. The maximum atomic E-state index is 12.0. The van der Waals surface area contributed by atoms with E-state index >= 15 is 0 Å². The van der Waals surface area contributed by atoms with Gasteiger partial charge in [0.2, 0.25) is 0 Å². The number of hydrogen-bond donors (Lipinski definition) is 1. The van der Waals surface area contributed by atoms with E-state index in [9.17, 15) is 4.79 Å². The fraction of sp³-hybridized carbons (Fsp3) is 0.933. The first kappa shape index (κ1) is 15.6. The smallest absolute Gasteiger partial charge is 0.319 e. The first-order chi connectivity index (χ1) is 9.63. The lowest BCUT2D eigenvalue weighted by atomic mass is 9.98. The minimum absolute atomic E-state index is 0.158. The molecule has 5 heteroatoms. The topological polar surface area (TPSA) is 38.8 Å². The molecule has 2 fully saturated rings. The molecule has 2 heterocycles. The lowest BCUT2D eigenvalue weighted by molar-refractivity contribution is 0.0707. The number of likely N-dealkylation sites (N-methyl/N-ethyl adjacent to an activating group) is 1. The Morgan fingerprint density at radius 1 is 1.20 bits per heavy atom. The highest BCUT2D eigenvalue weighted by Crippen LogP contribution is 2.22. The Balaban J connectivity index is 1.86. The van der Waals surface area contributed by atoms with E-state index in [0.29, 0.717) is 12.1 Å². The maximum absolute atomic E-state index is 12.0. The number of nitrogens with one attached hydrogen (secondary N) is 1. The van der Waals surface area contributed by atoms with Crippen molar-refractivity contribution in [1.82, 2.24) is 20.0 Å². The van der Waals surface area contributed by atoms with E-state index < -0.39 is 0 Å². The van der Waals surface area contributed by atoms with Gasteiger partial charge in [0.05, 0.1) is 0 Å². The third-order valence-electron chi connectivity index (χ3n) is 4.69. The van der Waals surface area contributed by atoms with Gasteiger partial charge in [0.1, 0.15) is 0 Å². The lowest BCUT2D eigenvalue weighted by Gasteiger charge is -2.43. The zero-order chi connectivity index (χ0) is 14.5. The Labute approximate surface area is 123 Å². The van der Waals surface area contributed by atoms with E-state index in [1.165, 1.54) is 19.4 Å². The quantitative estimate of drug-likeness (QED) is 0.845. The molecule has 0 aromatic carbocycles. The van der Waals surface area contributed by atoms with Crippen molar-refractivity contribution in [2.75, 3.05) is 46.8 Å². The zero-order valence-electron chi connectivity index (χ0n) is 13.3. The summed E-state index contributed by atoms with van der Waals surface area (Å²) in [5, 5.41) is 3.52. The van der Waals surface area contributed by atoms with E-state index in [2.05, 4.69) is 17.1 Å². The molecule has 2 saturated heterocycles. The molecule has 0 aliphatic carbocycles. The van der Waals surface area contributed by atoms with Crippen molar-refractivity contribution in [3.8, 4) is 0 Å². The predicted molar refractivity (Wildman–Crippen MR) is 81.9 cm³/mol. The summed E-state index contributed by atoms with van der Waals surface area (Å²) in [4.78, 5) is 18.3. The van der Waals surface area contributed by atoms with E-state index in [-0.39, 0.29) is 6.03 Å². The zero-order valence-corrected chi connectivity index (χ0v) is 13.3. The van der Waals surface area contributed by atoms with Crippen LogP contribution in [0.1, 0.15) is 32.6 Å². The van der Waals surface area contributed by atoms with Crippen molar-refractivity contribution in [3.63, 3.8) is 0 Å². The summed E-state index contributed by atoms with van der Waals surface area (Å²) in [5.41, 5.74) is 0. The van der Waals surface area contributed by atoms with Gasteiger partial charge in [0.25, 0.3) is 0 Å². The van der Waals surface area contributed by atoms with E-state index in [4.69, 9.17) is 0 Å². The second-order valence-corrected chi connectivity index (χ2v) is 6.23. The minimum atomic E-state index is 0.158. The highest BCUT2D eigenvalue weighted by Gasteiger charge is 2.30. The molecule has 1 unspecified atom stereocenters. The Morgan fingerprint density at radius 3 is 2.40 bits per heavy atom. The van der Waals surface area contributed by atoms with Gasteiger partial charge < -0.3 is 15.1 Å². The van der Waals surface area contributed by atoms with Crippen LogP contribution in [0.2, 0.25) is 0 Å². The third-order valence-corrected chi connectivity index (χ3v) is 4.69. The number of amides is 2. The van der Waals surface area contributed by atoms with Crippen LogP contribution in [0.4, 0.5) is 4.79 Å². The van der Waals surface area contributed by atoms with Gasteiger partial charge in [-0.3, -0.25) is 4.90 Å². The van der Waals surface area contributed by atoms with Gasteiger partial charge in [-0.2, -0.15) is 0 Å². The predicted octanol–water partition coefficient (Wildman–Crippen LogP) is 1.21. The van der Waals surface area contributed by atoms with Crippen LogP contribution in [0.5, 0.6) is 0 Å². The van der Waals surface area contributed by atoms with E-state index in [0.717, 1.165) is 39.0 Å². The van der Waals surface area contributed by atoms with Crippen molar-refractivity contribution in [2.45, 2.75) is 44.7 Å². The minimum Gasteiger partial charge on any atom is -0.331 e. The highest BCUT2D eigenvalue weighted by atomic mass is 16.2. The molecule has 2 aliphatic rings. The van der Waals surface area contributed by atoms with Gasteiger partial charge >= 0.3 is 6.03 Å². The second-order valence-electron chi connectivity index (χ2n) is 6.23. The van der Waals surface area contributed by atoms with Gasteiger partial charge in [-0.15, -0.1) is 0 Å². The van der Waals surface area contributed by atoms with Crippen LogP contribution < -0.4 is 5.32 Å². The van der Waals surface area contributed by atoms with Gasteiger partial charge in [-0.1, -0.05) is 6.92 Å². The number of piperidine rings is 2. The molecular formula is C15H30N4O. The van der Waals surface area contributed by atoms with Gasteiger partial charge in [0, 0.05) is 45.8 Å². The molecule has 116 valence electrons. The number of carbonyl (C=O) groups excluding carboxylic acids is 1. The van der Waals surface area contributed by atoms with E-state index in [1.54, 1.807) is 4.90 Å². The molecule has 20 heavy (non-hydrogen) atoms. The molecule has 0 aromatic heterocycles. The van der Waals surface area contributed by atoms with Crippen LogP contribution in [0.3, 0.4) is 0 Å². The average Bonchev–Trinajstić information content (AvgIpc) is 2.49. The summed E-state index contributed by atoms with van der Waals surface area (Å²) < 4.78 is 0. The standard InChI is InChI=1S/C15H30N4O/c1-4-19(14-6-5-9-16-12-14)13-7-10-18(11-8-13)15(20)17(2)3/h13-14,16H,4-12H2,1-3H3. The molecule has 1 atom stereocenters. The third kappa shape index (κ3) is 3.64. The number of likely N-dealkylation sites (tertiary alicyclic amines) is 1. The molecule has 2 aliphatic heterocycles. The Hall–Kier alpha value is -0.810. The summed E-state index contributed by atoms with van der Waals surface area (Å²) in [5.74, 6) is 0. The Morgan fingerprint density at radius 2 is 1.90 bits per heavy atom. The lowest BCUT2D eigenvalue weighted by Crippen LogP contribution is -2.54. The van der Waals surface area contributed by atoms with Crippen LogP contribution in [-0.4, -0.2) is 79.6 Å². The summed E-state index contributed by atoms with van der Waals surface area (Å²) >= 11 is 0. The first-order valence-electron chi connectivity index (χ1n) is 8.06. The Bertz CT molecular complexity index is 307. The van der Waals surface area contributed by atoms with Crippen molar-refractivity contribution in [3.05, 3.63) is 0 Å². The monoisotopic (exact) mass is 282 g/mol. The molecule has 0 spiro atoms. The van der Waals surface area contributed by atoms with Gasteiger partial charge in [-0.25, -0.2) is 4.79 Å². The van der Waals surface area contributed by atoms with Gasteiger partial charge in [0.15, 0.2) is 0 Å². The molecule has 5 nitrogen and oxygen atoms in total. The molecular weight excluding hydrogens is 252 g/mol. The molecule has 1 N–H and O–H groups in total. The molecule has 0 radical (unpaired) electrons. The largest absolute Gasteiger partial charge is 0.331 e.